The Morgan fingerprint density at radius 2 is 1.87 bits per heavy atom. The van der Waals surface area contributed by atoms with Gasteiger partial charge in [0.2, 0.25) is 11.8 Å². The molecule has 0 bridgehead atoms. The number of likely N-dealkylation sites (tertiary alicyclic amines) is 1. The van der Waals surface area contributed by atoms with Gasteiger partial charge < -0.3 is 15.0 Å². The lowest BCUT2D eigenvalue weighted by atomic mass is 9.99. The van der Waals surface area contributed by atoms with E-state index in [1.165, 1.54) is 4.90 Å². The Bertz CT molecular complexity index is 419. The average molecular weight is 338 g/mol. The topological polar surface area (TPSA) is 58.6 Å². The van der Waals surface area contributed by atoms with Gasteiger partial charge >= 0.3 is 6.18 Å². The van der Waals surface area contributed by atoms with Crippen LogP contribution in [-0.4, -0.2) is 54.2 Å². The molecule has 2 amide bonds. The maximum absolute atomic E-state index is 12.3. The fourth-order valence-corrected chi connectivity index (χ4v) is 2.45. The van der Waals surface area contributed by atoms with Crippen LogP contribution in [0.4, 0.5) is 13.2 Å². The van der Waals surface area contributed by atoms with Gasteiger partial charge in [0, 0.05) is 12.1 Å². The van der Waals surface area contributed by atoms with Gasteiger partial charge in [-0.3, -0.25) is 9.59 Å². The standard InChI is InChI=1S/C15H25F3N2O3/c1-14(2,3)19-13(22)11-6-4-5-8-20(11)12(21)7-9-23-10-15(16,17)18/h11H,4-10H2,1-3H3,(H,19,22)/t11-/m1/s1. The summed E-state index contributed by atoms with van der Waals surface area (Å²) < 4.78 is 40.4. The number of nitrogens with one attached hydrogen (secondary N) is 1. The minimum atomic E-state index is -4.40. The van der Waals surface area contributed by atoms with Crippen molar-refractivity contribution < 1.29 is 27.5 Å². The quantitative estimate of drug-likeness (QED) is 0.782. The summed E-state index contributed by atoms with van der Waals surface area (Å²) in [4.78, 5) is 26.0. The summed E-state index contributed by atoms with van der Waals surface area (Å²) in [6.07, 6.45) is -2.36. The highest BCUT2D eigenvalue weighted by atomic mass is 19.4. The van der Waals surface area contributed by atoms with Crippen molar-refractivity contribution in [3.63, 3.8) is 0 Å². The normalized spacial score (nSPS) is 19.6. The average Bonchev–Trinajstić information content (AvgIpc) is 2.40. The fourth-order valence-electron chi connectivity index (χ4n) is 2.45. The minimum Gasteiger partial charge on any atom is -0.372 e. The third kappa shape index (κ3) is 7.67. The van der Waals surface area contributed by atoms with E-state index >= 15 is 0 Å². The number of alkyl halides is 3. The fraction of sp³-hybridized carbons (Fsp3) is 0.867. The van der Waals surface area contributed by atoms with Gasteiger partial charge in [-0.15, -0.1) is 0 Å². The van der Waals surface area contributed by atoms with Crippen molar-refractivity contribution in [1.82, 2.24) is 10.2 Å². The van der Waals surface area contributed by atoms with Crippen LogP contribution in [0.5, 0.6) is 0 Å². The molecule has 0 aliphatic carbocycles. The van der Waals surface area contributed by atoms with Gasteiger partial charge in [-0.1, -0.05) is 0 Å². The number of hydrogen-bond donors (Lipinski definition) is 1. The summed E-state index contributed by atoms with van der Waals surface area (Å²) in [7, 11) is 0. The molecule has 8 heteroatoms. The molecule has 0 radical (unpaired) electrons. The molecular formula is C15H25F3N2O3. The first-order valence-electron chi connectivity index (χ1n) is 7.75. The summed E-state index contributed by atoms with van der Waals surface area (Å²) in [5.74, 6) is -0.567. The van der Waals surface area contributed by atoms with Gasteiger partial charge in [-0.05, 0) is 40.0 Å². The number of nitrogens with zero attached hydrogens (tertiary/aromatic N) is 1. The number of hydrogen-bond acceptors (Lipinski definition) is 3. The van der Waals surface area contributed by atoms with Crippen LogP contribution in [0.25, 0.3) is 0 Å². The Kier molecular flexibility index (Phi) is 6.85. The highest BCUT2D eigenvalue weighted by Gasteiger charge is 2.33. The molecule has 1 fully saturated rings. The van der Waals surface area contributed by atoms with Crippen LogP contribution in [-0.2, 0) is 14.3 Å². The van der Waals surface area contributed by atoms with E-state index < -0.39 is 24.4 Å². The maximum Gasteiger partial charge on any atom is 0.411 e. The highest BCUT2D eigenvalue weighted by Crippen LogP contribution is 2.19. The van der Waals surface area contributed by atoms with Crippen molar-refractivity contribution in [2.24, 2.45) is 0 Å². The Hall–Kier alpha value is -1.31. The number of piperidine rings is 1. The molecule has 1 saturated heterocycles. The lowest BCUT2D eigenvalue weighted by Gasteiger charge is -2.36. The van der Waals surface area contributed by atoms with Crippen LogP contribution in [0.1, 0.15) is 46.5 Å². The smallest absolute Gasteiger partial charge is 0.372 e. The number of amides is 2. The second kappa shape index (κ2) is 7.99. The van der Waals surface area contributed by atoms with Gasteiger partial charge in [0.25, 0.3) is 0 Å². The lowest BCUT2D eigenvalue weighted by molar-refractivity contribution is -0.175. The monoisotopic (exact) mass is 338 g/mol. The molecule has 23 heavy (non-hydrogen) atoms. The van der Waals surface area contributed by atoms with Crippen LogP contribution < -0.4 is 5.32 Å². The number of carbonyl (C=O) groups excluding carboxylic acids is 2. The second-order valence-corrected chi connectivity index (χ2v) is 6.76. The summed E-state index contributed by atoms with van der Waals surface area (Å²) in [6.45, 7) is 4.33. The molecule has 0 unspecified atom stereocenters. The highest BCUT2D eigenvalue weighted by molar-refractivity contribution is 5.88. The number of ether oxygens (including phenoxy) is 1. The zero-order chi connectivity index (χ0) is 17.7. The summed E-state index contributed by atoms with van der Waals surface area (Å²) in [6, 6.07) is -0.557. The van der Waals surface area contributed by atoms with E-state index in [0.29, 0.717) is 13.0 Å². The third-order valence-electron chi connectivity index (χ3n) is 3.35. The van der Waals surface area contributed by atoms with Crippen molar-refractivity contribution in [2.75, 3.05) is 19.8 Å². The maximum atomic E-state index is 12.3. The predicted molar refractivity (Wildman–Crippen MR) is 78.7 cm³/mol. The van der Waals surface area contributed by atoms with Gasteiger partial charge in [0.05, 0.1) is 13.0 Å². The molecule has 1 atom stereocenters. The summed E-state index contributed by atoms with van der Waals surface area (Å²) >= 11 is 0. The Labute approximate surface area is 134 Å². The molecule has 1 rings (SSSR count). The Morgan fingerprint density at radius 3 is 2.43 bits per heavy atom. The molecule has 1 aliphatic heterocycles. The van der Waals surface area contributed by atoms with Gasteiger partial charge in [-0.2, -0.15) is 13.2 Å². The first-order chi connectivity index (χ1) is 10.5. The summed E-state index contributed by atoms with van der Waals surface area (Å²) in [5, 5.41) is 2.85. The third-order valence-corrected chi connectivity index (χ3v) is 3.35. The number of carbonyl (C=O) groups is 2. The van der Waals surface area contributed by atoms with Gasteiger partial charge in [0.15, 0.2) is 0 Å². The van der Waals surface area contributed by atoms with Crippen molar-refractivity contribution in [2.45, 2.75) is 64.2 Å². The van der Waals surface area contributed by atoms with E-state index in [-0.39, 0.29) is 24.8 Å². The first kappa shape index (κ1) is 19.7. The van der Waals surface area contributed by atoms with Crippen LogP contribution >= 0.6 is 0 Å². The first-order valence-corrected chi connectivity index (χ1v) is 7.75. The molecule has 0 aromatic carbocycles. The van der Waals surface area contributed by atoms with Crippen molar-refractivity contribution >= 4 is 11.8 Å². The SMILES string of the molecule is CC(C)(C)NC(=O)[C@H]1CCCCN1C(=O)CCOCC(F)(F)F. The summed E-state index contributed by atoms with van der Waals surface area (Å²) in [5.41, 5.74) is -0.404. The molecule has 0 saturated carbocycles. The van der Waals surface area contributed by atoms with Crippen molar-refractivity contribution in [1.29, 1.82) is 0 Å². The number of halogens is 3. The van der Waals surface area contributed by atoms with E-state index in [2.05, 4.69) is 10.1 Å². The van der Waals surface area contributed by atoms with Gasteiger partial charge in [-0.25, -0.2) is 0 Å². The van der Waals surface area contributed by atoms with E-state index in [0.717, 1.165) is 12.8 Å². The zero-order valence-electron chi connectivity index (χ0n) is 13.8. The number of rotatable bonds is 5. The molecule has 1 heterocycles. The van der Waals surface area contributed by atoms with E-state index in [4.69, 9.17) is 0 Å². The molecule has 0 aromatic heterocycles. The van der Waals surface area contributed by atoms with Crippen LogP contribution in [0.3, 0.4) is 0 Å². The van der Waals surface area contributed by atoms with Crippen molar-refractivity contribution in [3.8, 4) is 0 Å². The van der Waals surface area contributed by atoms with Crippen LogP contribution in [0, 0.1) is 0 Å². The second-order valence-electron chi connectivity index (χ2n) is 6.76. The minimum absolute atomic E-state index is 0.157. The Balaban J connectivity index is 2.53. The molecule has 1 N–H and O–H groups in total. The molecule has 134 valence electrons. The Morgan fingerprint density at radius 1 is 1.22 bits per heavy atom. The van der Waals surface area contributed by atoms with E-state index in [1.54, 1.807) is 0 Å². The van der Waals surface area contributed by atoms with E-state index in [9.17, 15) is 22.8 Å². The molecule has 0 spiro atoms. The molecule has 1 aliphatic rings. The van der Waals surface area contributed by atoms with Crippen molar-refractivity contribution in [3.05, 3.63) is 0 Å². The molecule has 0 aromatic rings. The van der Waals surface area contributed by atoms with Gasteiger partial charge in [0.1, 0.15) is 12.6 Å². The van der Waals surface area contributed by atoms with Crippen LogP contribution in [0.2, 0.25) is 0 Å². The largest absolute Gasteiger partial charge is 0.411 e. The molecular weight excluding hydrogens is 313 g/mol. The van der Waals surface area contributed by atoms with E-state index in [1.807, 2.05) is 20.8 Å². The lowest BCUT2D eigenvalue weighted by Crippen LogP contribution is -2.55. The molecule has 5 nitrogen and oxygen atoms in total. The zero-order valence-corrected chi connectivity index (χ0v) is 13.8. The predicted octanol–water partition coefficient (Wildman–Crippen LogP) is 2.25. The van der Waals surface area contributed by atoms with Crippen LogP contribution in [0.15, 0.2) is 0 Å².